The molecule has 0 saturated carbocycles. The molecule has 7 heteroatoms. The zero-order valence-corrected chi connectivity index (χ0v) is 19.0. The van der Waals surface area contributed by atoms with Gasteiger partial charge in [0.05, 0.1) is 11.4 Å². The molecule has 0 spiro atoms. The fourth-order valence-corrected chi connectivity index (χ4v) is 4.80. The lowest BCUT2D eigenvalue weighted by Crippen LogP contribution is -2.44. The van der Waals surface area contributed by atoms with Crippen molar-refractivity contribution >= 4 is 31.9 Å². The van der Waals surface area contributed by atoms with Crippen LogP contribution in [0.3, 0.4) is 0 Å². The first kappa shape index (κ1) is 23.0. The molecule has 6 nitrogen and oxygen atoms in total. The van der Waals surface area contributed by atoms with Crippen LogP contribution in [-0.4, -0.2) is 42.7 Å². The summed E-state index contributed by atoms with van der Waals surface area (Å²) in [7, 11) is 1.23. The molecule has 0 aliphatic rings. The van der Waals surface area contributed by atoms with E-state index in [2.05, 4.69) is 10.2 Å². The average molecular weight is 414 g/mol. The third-order valence-corrected chi connectivity index (χ3v) is 6.70. The van der Waals surface area contributed by atoms with Crippen molar-refractivity contribution in [3.8, 4) is 0 Å². The van der Waals surface area contributed by atoms with Crippen molar-refractivity contribution in [2.75, 3.05) is 38.8 Å². The van der Waals surface area contributed by atoms with Crippen LogP contribution in [0.5, 0.6) is 0 Å². The van der Waals surface area contributed by atoms with Crippen LogP contribution >= 0.6 is 0 Å². The smallest absolute Gasteiger partial charge is 0.378 e. The molecule has 0 amide bonds. The van der Waals surface area contributed by atoms with E-state index in [4.69, 9.17) is 13.3 Å². The van der Waals surface area contributed by atoms with Crippen molar-refractivity contribution < 1.29 is 13.3 Å². The molecule has 156 valence electrons. The second kappa shape index (κ2) is 11.6. The van der Waals surface area contributed by atoms with Gasteiger partial charge in [-0.05, 0) is 68.4 Å². The molecule has 0 unspecified atom stereocenters. The zero-order chi connectivity index (χ0) is 21.1. The molecule has 2 aromatic carbocycles. The number of azo groups is 1. The second-order valence-corrected chi connectivity index (χ2v) is 8.84. The minimum atomic E-state index is -2.79. The maximum atomic E-state index is 5.84. The second-order valence-electron chi connectivity index (χ2n) is 6.44. The van der Waals surface area contributed by atoms with Crippen molar-refractivity contribution in [2.24, 2.45) is 10.2 Å². The highest BCUT2D eigenvalue weighted by molar-refractivity contribution is 6.67. The van der Waals surface area contributed by atoms with Gasteiger partial charge in [-0.15, -0.1) is 0 Å². The van der Waals surface area contributed by atoms with E-state index in [1.54, 1.807) is 0 Å². The highest BCUT2D eigenvalue weighted by atomic mass is 28.4. The predicted molar refractivity (Wildman–Crippen MR) is 121 cm³/mol. The molecule has 0 saturated heterocycles. The number of rotatable bonds is 11. The minimum absolute atomic E-state index is 0.547. The van der Waals surface area contributed by atoms with Gasteiger partial charge in [-0.25, -0.2) is 0 Å². The van der Waals surface area contributed by atoms with E-state index in [0.29, 0.717) is 19.8 Å². The lowest BCUT2D eigenvalue weighted by Gasteiger charge is -2.25. The van der Waals surface area contributed by atoms with Crippen LogP contribution in [-0.2, 0) is 13.3 Å². The normalized spacial score (nSPS) is 12.2. The van der Waals surface area contributed by atoms with Gasteiger partial charge in [0.1, 0.15) is 0 Å². The highest BCUT2D eigenvalue weighted by Crippen LogP contribution is 2.22. The van der Waals surface area contributed by atoms with Crippen molar-refractivity contribution in [3.05, 3.63) is 59.8 Å². The Hall–Kier alpha value is -2.32. The standard InChI is InChI=1S/C22H31N3O3Si/c1-6-26-29(27-7-2,28-8-3)18-17-19-9-11-20(12-10-19)23-24-21-13-15-22(16-14-21)25(4)5/h9-18H,6-8H2,1-5H3/b18-17+,24-23?. The van der Waals surface area contributed by atoms with Gasteiger partial charge in [-0.1, -0.05) is 18.2 Å². The topological polar surface area (TPSA) is 55.7 Å². The summed E-state index contributed by atoms with van der Waals surface area (Å²) in [4.78, 5) is 2.05. The summed E-state index contributed by atoms with van der Waals surface area (Å²) >= 11 is 0. The average Bonchev–Trinajstić information content (AvgIpc) is 2.72. The van der Waals surface area contributed by atoms with Crippen LogP contribution in [0, 0.1) is 0 Å². The molecule has 0 heterocycles. The van der Waals surface area contributed by atoms with Crippen LogP contribution in [0.4, 0.5) is 17.1 Å². The van der Waals surface area contributed by atoms with E-state index in [1.165, 1.54) is 0 Å². The lowest BCUT2D eigenvalue weighted by molar-refractivity contribution is 0.0845. The molecule has 0 aliphatic heterocycles. The predicted octanol–water partition coefficient (Wildman–Crippen LogP) is 5.77. The first-order valence-electron chi connectivity index (χ1n) is 9.92. The first-order chi connectivity index (χ1) is 14.0. The third-order valence-electron chi connectivity index (χ3n) is 4.06. The Labute approximate surface area is 175 Å². The summed E-state index contributed by atoms with van der Waals surface area (Å²) in [6.07, 6.45) is 1.98. The van der Waals surface area contributed by atoms with Gasteiger partial charge >= 0.3 is 8.80 Å². The summed E-state index contributed by atoms with van der Waals surface area (Å²) in [5, 5.41) is 8.61. The molecule has 29 heavy (non-hydrogen) atoms. The molecule has 0 atom stereocenters. The summed E-state index contributed by atoms with van der Waals surface area (Å²) in [5.41, 5.74) is 5.70. The summed E-state index contributed by atoms with van der Waals surface area (Å²) < 4.78 is 17.5. The molecule has 0 aromatic heterocycles. The van der Waals surface area contributed by atoms with Gasteiger partial charge in [-0.3, -0.25) is 0 Å². The SMILES string of the molecule is CCO[Si](/C=C/c1ccc(N=Nc2ccc(N(C)C)cc2)cc1)(OCC)OCC. The molecule has 2 aromatic rings. The van der Waals surface area contributed by atoms with E-state index in [1.807, 2.05) is 100 Å². The number of nitrogens with zero attached hydrogens (tertiary/aromatic N) is 3. The monoisotopic (exact) mass is 413 g/mol. The van der Waals surface area contributed by atoms with Gasteiger partial charge in [0.15, 0.2) is 0 Å². The number of hydrogen-bond acceptors (Lipinski definition) is 6. The van der Waals surface area contributed by atoms with Crippen molar-refractivity contribution in [2.45, 2.75) is 20.8 Å². The maximum absolute atomic E-state index is 5.84. The molecule has 2 rings (SSSR count). The van der Waals surface area contributed by atoms with E-state index in [9.17, 15) is 0 Å². The molecule has 0 fully saturated rings. The largest absolute Gasteiger partial charge is 0.529 e. The van der Waals surface area contributed by atoms with Crippen molar-refractivity contribution in [1.82, 2.24) is 0 Å². The molecule has 0 radical (unpaired) electrons. The van der Waals surface area contributed by atoms with Gasteiger partial charge in [0.25, 0.3) is 0 Å². The van der Waals surface area contributed by atoms with E-state index in [-0.39, 0.29) is 0 Å². The fourth-order valence-electron chi connectivity index (χ4n) is 2.66. The Morgan fingerprint density at radius 3 is 1.62 bits per heavy atom. The Bertz CT molecular complexity index is 773. The van der Waals surface area contributed by atoms with Crippen molar-refractivity contribution in [3.63, 3.8) is 0 Å². The van der Waals surface area contributed by atoms with Crippen molar-refractivity contribution in [1.29, 1.82) is 0 Å². The number of anilines is 1. The molecular formula is C22H31N3O3Si. The van der Waals surface area contributed by atoms with Crippen LogP contribution in [0.15, 0.2) is 64.5 Å². The zero-order valence-electron chi connectivity index (χ0n) is 18.0. The summed E-state index contributed by atoms with van der Waals surface area (Å²) in [5.74, 6) is 0. The highest BCUT2D eigenvalue weighted by Gasteiger charge is 2.37. The third kappa shape index (κ3) is 7.21. The van der Waals surface area contributed by atoms with Crippen LogP contribution in [0.2, 0.25) is 0 Å². The van der Waals surface area contributed by atoms with E-state index < -0.39 is 8.80 Å². The van der Waals surface area contributed by atoms with Crippen LogP contribution < -0.4 is 4.90 Å². The quantitative estimate of drug-likeness (QED) is 0.347. The molecule has 0 bridgehead atoms. The fraction of sp³-hybridized carbons (Fsp3) is 0.364. The van der Waals surface area contributed by atoms with Gasteiger partial charge < -0.3 is 18.2 Å². The van der Waals surface area contributed by atoms with Gasteiger partial charge in [0, 0.05) is 39.6 Å². The van der Waals surface area contributed by atoms with E-state index >= 15 is 0 Å². The number of hydrogen-bond donors (Lipinski definition) is 0. The molecule has 0 aliphatic carbocycles. The molecular weight excluding hydrogens is 382 g/mol. The lowest BCUT2D eigenvalue weighted by atomic mass is 10.2. The maximum Gasteiger partial charge on any atom is 0.529 e. The first-order valence-corrected chi connectivity index (χ1v) is 11.7. The molecule has 0 N–H and O–H groups in total. The Balaban J connectivity index is 2.07. The number of benzene rings is 2. The van der Waals surface area contributed by atoms with Gasteiger partial charge in [0.2, 0.25) is 0 Å². The summed E-state index contributed by atoms with van der Waals surface area (Å²) in [6, 6.07) is 15.8. The summed E-state index contributed by atoms with van der Waals surface area (Å²) in [6.45, 7) is 7.48. The Kier molecular flexibility index (Phi) is 9.20. The van der Waals surface area contributed by atoms with Crippen LogP contribution in [0.25, 0.3) is 6.08 Å². The van der Waals surface area contributed by atoms with Gasteiger partial charge in [-0.2, -0.15) is 10.2 Å². The van der Waals surface area contributed by atoms with E-state index in [0.717, 1.165) is 22.6 Å². The minimum Gasteiger partial charge on any atom is -0.378 e. The Morgan fingerprint density at radius 1 is 0.759 bits per heavy atom. The Morgan fingerprint density at radius 2 is 1.21 bits per heavy atom. The van der Waals surface area contributed by atoms with Crippen LogP contribution in [0.1, 0.15) is 26.3 Å².